The van der Waals surface area contributed by atoms with E-state index in [9.17, 15) is 18.0 Å². The van der Waals surface area contributed by atoms with Crippen LogP contribution in [0.3, 0.4) is 0 Å². The second-order valence-electron chi connectivity index (χ2n) is 8.43. The van der Waals surface area contributed by atoms with Crippen LogP contribution in [0.2, 0.25) is 0 Å². The molecule has 0 bridgehead atoms. The molecule has 0 amide bonds. The molecule has 192 valence electrons. The Labute approximate surface area is 218 Å². The highest BCUT2D eigenvalue weighted by atomic mass is 32.2. The van der Waals surface area contributed by atoms with Crippen molar-refractivity contribution in [1.82, 2.24) is 4.98 Å². The largest absolute Gasteiger partial charge is 0.468 e. The van der Waals surface area contributed by atoms with Gasteiger partial charge in [-0.2, -0.15) is 0 Å². The van der Waals surface area contributed by atoms with E-state index >= 15 is 0 Å². The Morgan fingerprint density at radius 2 is 1.76 bits per heavy atom. The molecule has 0 spiro atoms. The van der Waals surface area contributed by atoms with Gasteiger partial charge in [0, 0.05) is 33.8 Å². The molecule has 0 aliphatic carbocycles. The number of aromatic nitrogens is 1. The Balaban J connectivity index is 1.81. The topological polar surface area (TPSA) is 138 Å². The number of hydrogen-bond acceptors (Lipinski definition) is 9. The third-order valence-corrected chi connectivity index (χ3v) is 8.02. The number of carbonyl (C=O) groups excluding carboxylic acids is 2. The Morgan fingerprint density at radius 3 is 2.43 bits per heavy atom. The summed E-state index contributed by atoms with van der Waals surface area (Å²) in [6.45, 7) is 3.43. The highest BCUT2D eigenvalue weighted by molar-refractivity contribution is 7.89. The van der Waals surface area contributed by atoms with Crippen molar-refractivity contribution < 1.29 is 27.5 Å². The number of thiazole rings is 1. The number of esters is 2. The number of ether oxygens (including phenoxy) is 2. The molecule has 0 fully saturated rings. The molecule has 37 heavy (non-hydrogen) atoms. The van der Waals surface area contributed by atoms with Crippen molar-refractivity contribution in [2.24, 2.45) is 16.0 Å². The first-order valence-electron chi connectivity index (χ1n) is 11.2. The summed E-state index contributed by atoms with van der Waals surface area (Å²) in [6.07, 6.45) is 0. The number of primary sulfonamides is 1. The molecule has 1 aliphatic heterocycles. The monoisotopic (exact) mass is 539 g/mol. The Kier molecular flexibility index (Phi) is 7.39. The van der Waals surface area contributed by atoms with Gasteiger partial charge in [-0.15, -0.1) is 11.3 Å². The van der Waals surface area contributed by atoms with Gasteiger partial charge in [0.15, 0.2) is 0 Å². The lowest BCUT2D eigenvalue weighted by atomic mass is 9.75. The number of nitrogens with zero attached hydrogens (tertiary/aromatic N) is 2. The molecule has 2 atom stereocenters. The van der Waals surface area contributed by atoms with E-state index in [4.69, 9.17) is 14.6 Å². The van der Waals surface area contributed by atoms with Crippen LogP contribution in [0.5, 0.6) is 0 Å². The molecule has 2 aromatic carbocycles. The van der Waals surface area contributed by atoms with Crippen molar-refractivity contribution >= 4 is 39.0 Å². The SMILES string of the molecule is COC(=O)C1=C(C)N=C(C)C(C(=O)OC)C1c1cccc(-c2nc(-c3ccccc3S(N)(=O)=O)cs2)c1. The summed E-state index contributed by atoms with van der Waals surface area (Å²) in [5.74, 6) is -2.58. The predicted molar refractivity (Wildman–Crippen MR) is 140 cm³/mol. The lowest BCUT2D eigenvalue weighted by molar-refractivity contribution is -0.143. The molecule has 1 aromatic heterocycles. The maximum absolute atomic E-state index is 12.8. The lowest BCUT2D eigenvalue weighted by Gasteiger charge is -2.31. The van der Waals surface area contributed by atoms with E-state index in [1.807, 2.05) is 24.3 Å². The van der Waals surface area contributed by atoms with Gasteiger partial charge in [0.05, 0.1) is 30.4 Å². The smallest absolute Gasteiger partial charge is 0.336 e. The van der Waals surface area contributed by atoms with Crippen LogP contribution in [0.15, 0.2) is 75.1 Å². The molecule has 4 rings (SSSR count). The first-order chi connectivity index (χ1) is 17.6. The fourth-order valence-electron chi connectivity index (χ4n) is 4.53. The zero-order chi connectivity index (χ0) is 26.9. The molecule has 0 radical (unpaired) electrons. The summed E-state index contributed by atoms with van der Waals surface area (Å²) in [4.78, 5) is 34.7. The van der Waals surface area contributed by atoms with E-state index in [2.05, 4.69) is 9.98 Å². The normalized spacial score (nSPS) is 17.8. The van der Waals surface area contributed by atoms with E-state index < -0.39 is 33.8 Å². The van der Waals surface area contributed by atoms with Crippen LogP contribution in [0, 0.1) is 5.92 Å². The summed E-state index contributed by atoms with van der Waals surface area (Å²) in [5.41, 5.74) is 3.56. The van der Waals surface area contributed by atoms with Crippen molar-refractivity contribution in [3.8, 4) is 21.8 Å². The molecule has 2 unspecified atom stereocenters. The van der Waals surface area contributed by atoms with Crippen molar-refractivity contribution in [3.05, 3.63) is 70.7 Å². The van der Waals surface area contributed by atoms with Crippen LogP contribution in [-0.4, -0.2) is 45.3 Å². The van der Waals surface area contributed by atoms with E-state index in [1.54, 1.807) is 37.4 Å². The van der Waals surface area contributed by atoms with Crippen LogP contribution in [0.1, 0.15) is 25.3 Å². The van der Waals surface area contributed by atoms with E-state index in [-0.39, 0.29) is 10.5 Å². The fraction of sp³-hybridized carbons (Fsp3) is 0.231. The number of carbonyl (C=O) groups is 2. The summed E-state index contributed by atoms with van der Waals surface area (Å²) in [6, 6.07) is 13.7. The van der Waals surface area contributed by atoms with Gasteiger partial charge in [-0.05, 0) is 31.5 Å². The zero-order valence-corrected chi connectivity index (χ0v) is 22.2. The standard InChI is InChI=1S/C26H25N3O6S2/c1-14-21(25(30)34-3)23(22(15(2)28-14)26(31)35-4)16-8-7-9-17(12-16)24-29-19(13-36-24)18-10-5-6-11-20(18)37(27,32)33/h5-13,21,23H,1-4H3,(H2,27,32,33). The van der Waals surface area contributed by atoms with Gasteiger partial charge in [0.2, 0.25) is 10.0 Å². The van der Waals surface area contributed by atoms with Crippen molar-refractivity contribution in [1.29, 1.82) is 0 Å². The van der Waals surface area contributed by atoms with Gasteiger partial charge in [-0.3, -0.25) is 9.79 Å². The van der Waals surface area contributed by atoms with E-state index in [1.165, 1.54) is 31.6 Å². The molecule has 2 heterocycles. The Bertz CT molecular complexity index is 1560. The quantitative estimate of drug-likeness (QED) is 0.469. The number of aliphatic imine (C=N–C) groups is 1. The number of hydrogen-bond donors (Lipinski definition) is 1. The second-order valence-corrected chi connectivity index (χ2v) is 10.8. The van der Waals surface area contributed by atoms with Crippen LogP contribution in [0.25, 0.3) is 21.8 Å². The van der Waals surface area contributed by atoms with E-state index in [0.29, 0.717) is 33.2 Å². The third kappa shape index (κ3) is 5.10. The maximum Gasteiger partial charge on any atom is 0.336 e. The van der Waals surface area contributed by atoms with Gasteiger partial charge in [-0.25, -0.2) is 23.3 Å². The van der Waals surface area contributed by atoms with Crippen LogP contribution in [0.4, 0.5) is 0 Å². The first kappa shape index (κ1) is 26.4. The molecule has 0 saturated heterocycles. The van der Waals surface area contributed by atoms with Crippen molar-refractivity contribution in [2.45, 2.75) is 24.7 Å². The predicted octanol–water partition coefficient (Wildman–Crippen LogP) is 3.92. The van der Waals surface area contributed by atoms with Gasteiger partial charge >= 0.3 is 11.9 Å². The van der Waals surface area contributed by atoms with Crippen LogP contribution in [-0.2, 0) is 29.1 Å². The second kappa shape index (κ2) is 10.4. The van der Waals surface area contributed by atoms with Gasteiger partial charge in [0.1, 0.15) is 10.9 Å². The Hall–Kier alpha value is -3.67. The molecule has 0 saturated carbocycles. The van der Waals surface area contributed by atoms with Gasteiger partial charge in [-0.1, -0.05) is 36.4 Å². The van der Waals surface area contributed by atoms with E-state index in [0.717, 1.165) is 5.56 Å². The minimum atomic E-state index is -3.94. The highest BCUT2D eigenvalue weighted by Crippen LogP contribution is 2.41. The van der Waals surface area contributed by atoms with Crippen LogP contribution >= 0.6 is 11.3 Å². The fourth-order valence-corrected chi connectivity index (χ4v) is 6.09. The summed E-state index contributed by atoms with van der Waals surface area (Å²) >= 11 is 1.33. The minimum Gasteiger partial charge on any atom is -0.468 e. The molecular formula is C26H25N3O6S2. The number of rotatable bonds is 6. The number of benzene rings is 2. The molecule has 11 heteroatoms. The molecule has 2 N–H and O–H groups in total. The Morgan fingerprint density at radius 1 is 1.03 bits per heavy atom. The van der Waals surface area contributed by atoms with Crippen LogP contribution < -0.4 is 5.14 Å². The van der Waals surface area contributed by atoms with Crippen molar-refractivity contribution in [3.63, 3.8) is 0 Å². The zero-order valence-electron chi connectivity index (χ0n) is 20.6. The first-order valence-corrected chi connectivity index (χ1v) is 13.6. The average Bonchev–Trinajstić information content (AvgIpc) is 3.37. The summed E-state index contributed by atoms with van der Waals surface area (Å²) < 4.78 is 34.2. The van der Waals surface area contributed by atoms with Gasteiger partial charge < -0.3 is 9.47 Å². The lowest BCUT2D eigenvalue weighted by Crippen LogP contribution is -2.36. The number of sulfonamides is 1. The minimum absolute atomic E-state index is 0.0122. The highest BCUT2D eigenvalue weighted by Gasteiger charge is 2.42. The summed E-state index contributed by atoms with van der Waals surface area (Å²) in [7, 11) is -1.36. The maximum atomic E-state index is 12.8. The average molecular weight is 540 g/mol. The number of methoxy groups -OCH3 is 2. The molecular weight excluding hydrogens is 514 g/mol. The molecule has 3 aromatic rings. The molecule has 1 aliphatic rings. The number of nitrogens with two attached hydrogens (primary N) is 1. The summed E-state index contributed by atoms with van der Waals surface area (Å²) in [5, 5.41) is 7.77. The number of allylic oxidation sites excluding steroid dienone is 1. The third-order valence-electron chi connectivity index (χ3n) is 6.16. The van der Waals surface area contributed by atoms with Crippen molar-refractivity contribution in [2.75, 3.05) is 14.2 Å². The van der Waals surface area contributed by atoms with Gasteiger partial charge in [0.25, 0.3) is 0 Å². The molecule has 9 nitrogen and oxygen atoms in total.